The Bertz CT molecular complexity index is 569. The maximum atomic E-state index is 5.97. The molecule has 0 saturated carbocycles. The number of anilines is 2. The minimum atomic E-state index is 0.345. The number of ether oxygens (including phenoxy) is 1. The lowest BCUT2D eigenvalue weighted by Crippen LogP contribution is -2.03. The first-order valence-corrected chi connectivity index (χ1v) is 6.34. The summed E-state index contributed by atoms with van der Waals surface area (Å²) in [5, 5.41) is 7.81. The molecule has 6 nitrogen and oxygen atoms in total. The Kier molecular flexibility index (Phi) is 4.34. The quantitative estimate of drug-likeness (QED) is 0.853. The van der Waals surface area contributed by atoms with Crippen LogP contribution >= 0.6 is 11.6 Å². The highest BCUT2D eigenvalue weighted by Gasteiger charge is 2.07. The molecule has 0 saturated heterocycles. The van der Waals surface area contributed by atoms with Crippen molar-refractivity contribution in [1.29, 1.82) is 0 Å². The van der Waals surface area contributed by atoms with Gasteiger partial charge in [-0.2, -0.15) is 5.10 Å². The predicted octanol–water partition coefficient (Wildman–Crippen LogP) is 2.45. The van der Waals surface area contributed by atoms with Gasteiger partial charge in [0.15, 0.2) is 5.82 Å². The van der Waals surface area contributed by atoms with E-state index in [4.69, 9.17) is 16.3 Å². The fourth-order valence-electron chi connectivity index (χ4n) is 1.65. The summed E-state index contributed by atoms with van der Waals surface area (Å²) in [6.45, 7) is 4.80. The van der Waals surface area contributed by atoms with E-state index in [1.54, 1.807) is 10.7 Å². The molecule has 0 spiro atoms. The second-order valence-electron chi connectivity index (χ2n) is 4.06. The zero-order valence-corrected chi connectivity index (χ0v) is 11.9. The third kappa shape index (κ3) is 3.65. The Morgan fingerprint density at radius 3 is 2.84 bits per heavy atom. The summed E-state index contributed by atoms with van der Waals surface area (Å²) < 4.78 is 7.02. The molecule has 0 aliphatic rings. The second kappa shape index (κ2) is 5.99. The van der Waals surface area contributed by atoms with Gasteiger partial charge in [-0.05, 0) is 13.8 Å². The molecule has 0 atom stereocenters. The van der Waals surface area contributed by atoms with Crippen LogP contribution in [0.1, 0.15) is 18.4 Å². The number of rotatable bonds is 5. The van der Waals surface area contributed by atoms with Crippen molar-refractivity contribution in [2.45, 2.75) is 20.5 Å². The Labute approximate surface area is 116 Å². The van der Waals surface area contributed by atoms with E-state index in [1.165, 1.54) is 0 Å². The molecular formula is C12H16ClN5O. The van der Waals surface area contributed by atoms with Crippen molar-refractivity contribution < 1.29 is 4.74 Å². The van der Waals surface area contributed by atoms with Crippen LogP contribution in [0.15, 0.2) is 12.3 Å². The van der Waals surface area contributed by atoms with E-state index in [2.05, 4.69) is 20.4 Å². The van der Waals surface area contributed by atoms with Crippen molar-refractivity contribution in [2.24, 2.45) is 7.05 Å². The number of aromatic nitrogens is 4. The van der Waals surface area contributed by atoms with Crippen molar-refractivity contribution in [3.8, 4) is 0 Å². The van der Waals surface area contributed by atoms with Crippen LogP contribution in [0.25, 0.3) is 0 Å². The van der Waals surface area contributed by atoms with Gasteiger partial charge in [0.1, 0.15) is 17.6 Å². The lowest BCUT2D eigenvalue weighted by atomic mass is 10.4. The third-order valence-corrected chi connectivity index (χ3v) is 2.65. The van der Waals surface area contributed by atoms with E-state index < -0.39 is 0 Å². The van der Waals surface area contributed by atoms with E-state index in [1.807, 2.05) is 27.1 Å². The summed E-state index contributed by atoms with van der Waals surface area (Å²) >= 11 is 5.97. The molecular weight excluding hydrogens is 266 g/mol. The van der Waals surface area contributed by atoms with Crippen LogP contribution in [0.4, 0.5) is 11.5 Å². The zero-order chi connectivity index (χ0) is 13.8. The molecule has 0 aliphatic carbocycles. The minimum Gasteiger partial charge on any atom is -0.374 e. The molecule has 0 radical (unpaired) electrons. The van der Waals surface area contributed by atoms with Gasteiger partial charge >= 0.3 is 0 Å². The Morgan fingerprint density at radius 1 is 1.42 bits per heavy atom. The molecule has 2 heterocycles. The van der Waals surface area contributed by atoms with Gasteiger partial charge in [-0.25, -0.2) is 9.97 Å². The molecule has 7 heteroatoms. The summed E-state index contributed by atoms with van der Waals surface area (Å²) in [7, 11) is 1.87. The summed E-state index contributed by atoms with van der Waals surface area (Å²) in [5.41, 5.74) is 1.78. The smallest absolute Gasteiger partial charge is 0.158 e. The molecule has 2 aromatic rings. The summed E-state index contributed by atoms with van der Waals surface area (Å²) in [5.74, 6) is 1.18. The van der Waals surface area contributed by atoms with E-state index in [0.29, 0.717) is 30.0 Å². The molecule has 102 valence electrons. The van der Waals surface area contributed by atoms with Gasteiger partial charge in [-0.1, -0.05) is 11.6 Å². The lowest BCUT2D eigenvalue weighted by molar-refractivity contribution is 0.128. The Balaban J connectivity index is 2.20. The van der Waals surface area contributed by atoms with Gasteiger partial charge in [0, 0.05) is 25.9 Å². The van der Waals surface area contributed by atoms with Gasteiger partial charge in [-0.15, -0.1) is 0 Å². The highest BCUT2D eigenvalue weighted by Crippen LogP contribution is 2.19. The standard InChI is InChI=1S/C12H16ClN5O/c1-4-19-7-12-15-10(13)5-11(16-12)14-9-6-18(3)17-8(9)2/h5-6H,4,7H2,1-3H3,(H,14,15,16). The van der Waals surface area contributed by atoms with Crippen LogP contribution in [0.3, 0.4) is 0 Å². The number of hydrogen-bond acceptors (Lipinski definition) is 5. The van der Waals surface area contributed by atoms with E-state index in [9.17, 15) is 0 Å². The van der Waals surface area contributed by atoms with Crippen molar-refractivity contribution in [1.82, 2.24) is 19.7 Å². The van der Waals surface area contributed by atoms with Crippen LogP contribution in [-0.4, -0.2) is 26.4 Å². The number of hydrogen-bond donors (Lipinski definition) is 1. The van der Waals surface area contributed by atoms with Crippen LogP contribution < -0.4 is 5.32 Å². The lowest BCUT2D eigenvalue weighted by Gasteiger charge is -2.07. The van der Waals surface area contributed by atoms with E-state index in [-0.39, 0.29) is 0 Å². The largest absolute Gasteiger partial charge is 0.374 e. The fraction of sp³-hybridized carbons (Fsp3) is 0.417. The molecule has 0 bridgehead atoms. The maximum absolute atomic E-state index is 5.97. The van der Waals surface area contributed by atoms with Crippen LogP contribution in [-0.2, 0) is 18.4 Å². The normalized spacial score (nSPS) is 10.7. The van der Waals surface area contributed by atoms with Crippen LogP contribution in [0.2, 0.25) is 5.15 Å². The summed E-state index contributed by atoms with van der Waals surface area (Å²) in [6, 6.07) is 1.67. The van der Waals surface area contributed by atoms with Crippen molar-refractivity contribution in [2.75, 3.05) is 11.9 Å². The Hall–Kier alpha value is -1.66. The maximum Gasteiger partial charge on any atom is 0.158 e. The third-order valence-electron chi connectivity index (χ3n) is 2.45. The van der Waals surface area contributed by atoms with Gasteiger partial charge in [0.05, 0.1) is 11.4 Å². The number of halogens is 1. The zero-order valence-electron chi connectivity index (χ0n) is 11.1. The van der Waals surface area contributed by atoms with Crippen LogP contribution in [0.5, 0.6) is 0 Å². The number of aryl methyl sites for hydroxylation is 2. The minimum absolute atomic E-state index is 0.345. The number of nitrogens with zero attached hydrogens (tertiary/aromatic N) is 4. The van der Waals surface area contributed by atoms with Crippen molar-refractivity contribution in [3.05, 3.63) is 28.9 Å². The van der Waals surface area contributed by atoms with E-state index in [0.717, 1.165) is 11.4 Å². The van der Waals surface area contributed by atoms with Crippen LogP contribution in [0, 0.1) is 6.92 Å². The first-order valence-electron chi connectivity index (χ1n) is 5.97. The topological polar surface area (TPSA) is 64.9 Å². The molecule has 0 amide bonds. The molecule has 1 N–H and O–H groups in total. The molecule has 19 heavy (non-hydrogen) atoms. The molecule has 0 aliphatic heterocycles. The average molecular weight is 282 g/mol. The van der Waals surface area contributed by atoms with Gasteiger partial charge in [0.25, 0.3) is 0 Å². The van der Waals surface area contributed by atoms with Crippen molar-refractivity contribution >= 4 is 23.1 Å². The first kappa shape index (κ1) is 13.8. The SMILES string of the molecule is CCOCc1nc(Cl)cc(Nc2cn(C)nc2C)n1. The summed E-state index contributed by atoms with van der Waals surface area (Å²) in [6.07, 6.45) is 1.88. The number of nitrogens with one attached hydrogen (secondary N) is 1. The molecule has 2 aromatic heterocycles. The fourth-order valence-corrected chi connectivity index (χ4v) is 1.85. The Morgan fingerprint density at radius 2 is 2.21 bits per heavy atom. The van der Waals surface area contributed by atoms with Gasteiger partial charge in [0.2, 0.25) is 0 Å². The monoisotopic (exact) mass is 281 g/mol. The highest BCUT2D eigenvalue weighted by atomic mass is 35.5. The highest BCUT2D eigenvalue weighted by molar-refractivity contribution is 6.29. The predicted molar refractivity (Wildman–Crippen MR) is 73.6 cm³/mol. The first-order chi connectivity index (χ1) is 9.08. The van der Waals surface area contributed by atoms with Crippen molar-refractivity contribution in [3.63, 3.8) is 0 Å². The molecule has 0 aromatic carbocycles. The average Bonchev–Trinajstić information content (AvgIpc) is 2.64. The summed E-state index contributed by atoms with van der Waals surface area (Å²) in [4.78, 5) is 8.46. The molecule has 0 fully saturated rings. The second-order valence-corrected chi connectivity index (χ2v) is 4.44. The van der Waals surface area contributed by atoms with Gasteiger partial charge in [-0.3, -0.25) is 4.68 Å². The molecule has 0 unspecified atom stereocenters. The molecule has 2 rings (SSSR count). The van der Waals surface area contributed by atoms with E-state index >= 15 is 0 Å². The van der Waals surface area contributed by atoms with Gasteiger partial charge < -0.3 is 10.1 Å².